The molecule has 0 aliphatic carbocycles. The van der Waals surface area contributed by atoms with Crippen molar-refractivity contribution >= 4 is 46.4 Å². The number of carbonyl (C=O) groups is 2. The normalized spacial score (nSPS) is 10.3. The number of benzene rings is 2. The molecule has 6 heteroatoms. The van der Waals surface area contributed by atoms with Crippen molar-refractivity contribution in [3.8, 4) is 0 Å². The number of halogens is 2. The average molecular weight is 351 g/mol. The minimum Gasteiger partial charge on any atom is -0.324 e. The zero-order valence-corrected chi connectivity index (χ0v) is 14.3. The molecule has 0 spiro atoms. The fourth-order valence-corrected chi connectivity index (χ4v) is 2.41. The number of aryl methyl sites for hydroxylation is 1. The summed E-state index contributed by atoms with van der Waals surface area (Å²) in [5, 5.41) is 3.80. The fraction of sp³-hybridized carbons (Fsp3) is 0.176. The molecule has 0 fully saturated rings. The smallest absolute Gasteiger partial charge is 0.244 e. The van der Waals surface area contributed by atoms with Crippen LogP contribution in [0.3, 0.4) is 0 Å². The first kappa shape index (κ1) is 17.3. The Morgan fingerprint density at radius 3 is 2.48 bits per heavy atom. The summed E-state index contributed by atoms with van der Waals surface area (Å²) in [5.74, 6) is -0.565. The van der Waals surface area contributed by atoms with Gasteiger partial charge in [-0.1, -0.05) is 35.3 Å². The Balaban J connectivity index is 2.12. The highest BCUT2D eigenvalue weighted by Gasteiger charge is 2.16. The minimum absolute atomic E-state index is 0.110. The second-order valence-electron chi connectivity index (χ2n) is 5.10. The van der Waals surface area contributed by atoms with Gasteiger partial charge in [0.05, 0.1) is 0 Å². The standard InChI is InChI=1S/C17H16Cl2N2O2/c1-11-6-7-14(9-16(11)19)20-17(23)10-21(12(2)22)15-5-3-4-13(18)8-15/h3-9H,10H2,1-2H3,(H,20,23). The van der Waals surface area contributed by atoms with Gasteiger partial charge in [0.15, 0.2) is 0 Å². The molecule has 4 nitrogen and oxygen atoms in total. The van der Waals surface area contributed by atoms with Crippen molar-refractivity contribution in [1.29, 1.82) is 0 Å². The molecule has 0 saturated heterocycles. The van der Waals surface area contributed by atoms with Crippen molar-refractivity contribution in [2.45, 2.75) is 13.8 Å². The lowest BCUT2D eigenvalue weighted by atomic mass is 10.2. The van der Waals surface area contributed by atoms with Gasteiger partial charge in [0.25, 0.3) is 0 Å². The molecular formula is C17H16Cl2N2O2. The zero-order valence-electron chi connectivity index (χ0n) is 12.8. The summed E-state index contributed by atoms with van der Waals surface area (Å²) in [4.78, 5) is 25.4. The van der Waals surface area contributed by atoms with E-state index in [2.05, 4.69) is 5.32 Å². The molecule has 0 radical (unpaired) electrons. The van der Waals surface area contributed by atoms with Gasteiger partial charge in [0, 0.05) is 28.3 Å². The van der Waals surface area contributed by atoms with E-state index in [1.54, 1.807) is 36.4 Å². The second-order valence-corrected chi connectivity index (χ2v) is 5.94. The van der Waals surface area contributed by atoms with Gasteiger partial charge in [-0.3, -0.25) is 9.59 Å². The first-order chi connectivity index (χ1) is 10.9. The van der Waals surface area contributed by atoms with E-state index in [-0.39, 0.29) is 18.4 Å². The Bertz CT molecular complexity index is 747. The SMILES string of the molecule is CC(=O)N(CC(=O)Nc1ccc(C)c(Cl)c1)c1cccc(Cl)c1. The van der Waals surface area contributed by atoms with Crippen LogP contribution in [0.1, 0.15) is 12.5 Å². The highest BCUT2D eigenvalue weighted by atomic mass is 35.5. The molecule has 0 saturated carbocycles. The summed E-state index contributed by atoms with van der Waals surface area (Å²) in [5.41, 5.74) is 2.08. The fourth-order valence-electron chi connectivity index (χ4n) is 2.04. The van der Waals surface area contributed by atoms with Crippen LogP contribution < -0.4 is 10.2 Å². The molecule has 0 atom stereocenters. The molecule has 2 aromatic rings. The van der Waals surface area contributed by atoms with Crippen molar-refractivity contribution in [3.05, 3.63) is 58.1 Å². The first-order valence-electron chi connectivity index (χ1n) is 6.96. The van der Waals surface area contributed by atoms with Crippen LogP contribution in [0.15, 0.2) is 42.5 Å². The topological polar surface area (TPSA) is 49.4 Å². The maximum atomic E-state index is 12.2. The van der Waals surface area contributed by atoms with E-state index in [0.29, 0.717) is 21.4 Å². The summed E-state index contributed by atoms with van der Waals surface area (Å²) in [7, 11) is 0. The molecule has 0 bridgehead atoms. The van der Waals surface area contributed by atoms with Crippen LogP contribution in [-0.4, -0.2) is 18.4 Å². The van der Waals surface area contributed by atoms with Gasteiger partial charge in [0.2, 0.25) is 11.8 Å². The average Bonchev–Trinajstić information content (AvgIpc) is 2.48. The highest BCUT2D eigenvalue weighted by Crippen LogP contribution is 2.21. The van der Waals surface area contributed by atoms with Gasteiger partial charge in [-0.2, -0.15) is 0 Å². The lowest BCUT2D eigenvalue weighted by molar-refractivity contribution is -0.120. The zero-order chi connectivity index (χ0) is 17.0. The van der Waals surface area contributed by atoms with Crippen molar-refractivity contribution in [3.63, 3.8) is 0 Å². The number of hydrogen-bond donors (Lipinski definition) is 1. The Morgan fingerprint density at radius 1 is 1.13 bits per heavy atom. The molecule has 0 aromatic heterocycles. The summed E-state index contributed by atoms with van der Waals surface area (Å²) in [6, 6.07) is 12.0. The number of anilines is 2. The van der Waals surface area contributed by atoms with Crippen LogP contribution in [0.4, 0.5) is 11.4 Å². The molecule has 2 amide bonds. The number of carbonyl (C=O) groups excluding carboxylic acids is 2. The number of nitrogens with one attached hydrogen (secondary N) is 1. The van der Waals surface area contributed by atoms with E-state index in [4.69, 9.17) is 23.2 Å². The van der Waals surface area contributed by atoms with Crippen LogP contribution in [0.25, 0.3) is 0 Å². The lowest BCUT2D eigenvalue weighted by Gasteiger charge is -2.21. The molecule has 1 N–H and O–H groups in total. The summed E-state index contributed by atoms with van der Waals surface area (Å²) < 4.78 is 0. The maximum absolute atomic E-state index is 12.2. The largest absolute Gasteiger partial charge is 0.324 e. The van der Waals surface area contributed by atoms with Gasteiger partial charge in [-0.05, 0) is 42.8 Å². The molecule has 2 rings (SSSR count). The quantitative estimate of drug-likeness (QED) is 0.893. The molecule has 2 aromatic carbocycles. The summed E-state index contributed by atoms with van der Waals surface area (Å²) in [6.45, 7) is 3.17. The van der Waals surface area contributed by atoms with E-state index >= 15 is 0 Å². The molecular weight excluding hydrogens is 335 g/mol. The van der Waals surface area contributed by atoms with Crippen molar-refractivity contribution < 1.29 is 9.59 Å². The van der Waals surface area contributed by atoms with E-state index < -0.39 is 0 Å². The third-order valence-corrected chi connectivity index (χ3v) is 3.90. The Hall–Kier alpha value is -2.04. The molecule has 0 aliphatic rings. The highest BCUT2D eigenvalue weighted by molar-refractivity contribution is 6.31. The third-order valence-electron chi connectivity index (χ3n) is 3.26. The van der Waals surface area contributed by atoms with Gasteiger partial charge < -0.3 is 10.2 Å². The minimum atomic E-state index is -0.319. The van der Waals surface area contributed by atoms with E-state index in [1.165, 1.54) is 11.8 Å². The number of hydrogen-bond acceptors (Lipinski definition) is 2. The van der Waals surface area contributed by atoms with Gasteiger partial charge in [-0.15, -0.1) is 0 Å². The van der Waals surface area contributed by atoms with Crippen LogP contribution in [0.5, 0.6) is 0 Å². The van der Waals surface area contributed by atoms with Crippen LogP contribution in [0, 0.1) is 6.92 Å². The molecule has 120 valence electrons. The Labute approximate surface area is 145 Å². The van der Waals surface area contributed by atoms with E-state index in [1.807, 2.05) is 13.0 Å². The van der Waals surface area contributed by atoms with Gasteiger partial charge in [0.1, 0.15) is 6.54 Å². The van der Waals surface area contributed by atoms with E-state index in [9.17, 15) is 9.59 Å². The molecule has 0 unspecified atom stereocenters. The van der Waals surface area contributed by atoms with Crippen molar-refractivity contribution in [1.82, 2.24) is 0 Å². The van der Waals surface area contributed by atoms with Crippen molar-refractivity contribution in [2.75, 3.05) is 16.8 Å². The summed E-state index contributed by atoms with van der Waals surface area (Å²) >= 11 is 12.0. The van der Waals surface area contributed by atoms with E-state index in [0.717, 1.165) is 5.56 Å². The van der Waals surface area contributed by atoms with Crippen LogP contribution >= 0.6 is 23.2 Å². The van der Waals surface area contributed by atoms with Crippen molar-refractivity contribution in [2.24, 2.45) is 0 Å². The third kappa shape index (κ3) is 4.71. The predicted molar refractivity (Wildman–Crippen MR) is 94.3 cm³/mol. The van der Waals surface area contributed by atoms with Crippen LogP contribution in [-0.2, 0) is 9.59 Å². The van der Waals surface area contributed by atoms with Crippen LogP contribution in [0.2, 0.25) is 10.0 Å². The summed E-state index contributed by atoms with van der Waals surface area (Å²) in [6.07, 6.45) is 0. The molecule has 23 heavy (non-hydrogen) atoms. The monoisotopic (exact) mass is 350 g/mol. The molecule has 0 aliphatic heterocycles. The maximum Gasteiger partial charge on any atom is 0.244 e. The molecule has 0 heterocycles. The predicted octanol–water partition coefficient (Wildman–Crippen LogP) is 4.29. The Morgan fingerprint density at radius 2 is 1.87 bits per heavy atom. The second kappa shape index (κ2) is 7.49. The van der Waals surface area contributed by atoms with Gasteiger partial charge >= 0.3 is 0 Å². The number of amides is 2. The lowest BCUT2D eigenvalue weighted by Crippen LogP contribution is -2.36. The first-order valence-corrected chi connectivity index (χ1v) is 7.72. The number of rotatable bonds is 4. The Kier molecular flexibility index (Phi) is 5.64. The number of nitrogens with zero attached hydrogens (tertiary/aromatic N) is 1. The van der Waals surface area contributed by atoms with Gasteiger partial charge in [-0.25, -0.2) is 0 Å².